The highest BCUT2D eigenvalue weighted by atomic mass is 35.5. The van der Waals surface area contributed by atoms with E-state index < -0.39 is 0 Å². The second-order valence-corrected chi connectivity index (χ2v) is 5.58. The van der Waals surface area contributed by atoms with Gasteiger partial charge in [-0.25, -0.2) is 5.43 Å². The first-order chi connectivity index (χ1) is 11.5. The summed E-state index contributed by atoms with van der Waals surface area (Å²) >= 11 is 6.02. The Hall–Kier alpha value is -2.53. The van der Waals surface area contributed by atoms with Gasteiger partial charge in [0.2, 0.25) is 0 Å². The van der Waals surface area contributed by atoms with Gasteiger partial charge in [-0.3, -0.25) is 4.79 Å². The molecule has 0 aliphatic heterocycles. The molecule has 2 aromatic rings. The van der Waals surface area contributed by atoms with E-state index in [0.717, 1.165) is 16.7 Å². The molecule has 0 aliphatic rings. The molecule has 0 atom stereocenters. The highest BCUT2D eigenvalue weighted by molar-refractivity contribution is 6.32. The van der Waals surface area contributed by atoms with E-state index in [1.807, 2.05) is 32.0 Å². The van der Waals surface area contributed by atoms with Crippen molar-refractivity contribution >= 4 is 23.7 Å². The monoisotopic (exact) mass is 346 g/mol. The van der Waals surface area contributed by atoms with Crippen molar-refractivity contribution in [3.8, 4) is 11.5 Å². The van der Waals surface area contributed by atoms with Crippen molar-refractivity contribution in [1.82, 2.24) is 5.43 Å². The van der Waals surface area contributed by atoms with Crippen LogP contribution < -0.4 is 14.9 Å². The molecule has 0 aromatic heterocycles. The number of carbonyl (C=O) groups excluding carboxylic acids is 1. The summed E-state index contributed by atoms with van der Waals surface area (Å²) in [7, 11) is 1.55. The Morgan fingerprint density at radius 3 is 2.75 bits per heavy atom. The molecule has 0 saturated heterocycles. The zero-order chi connectivity index (χ0) is 17.5. The highest BCUT2D eigenvalue weighted by Crippen LogP contribution is 2.24. The third kappa shape index (κ3) is 4.73. The first-order valence-electron chi connectivity index (χ1n) is 7.35. The molecule has 0 unspecified atom stereocenters. The van der Waals surface area contributed by atoms with E-state index in [-0.39, 0.29) is 12.5 Å². The van der Waals surface area contributed by atoms with Crippen LogP contribution in [0, 0.1) is 13.8 Å². The Balaban J connectivity index is 1.86. The molecule has 2 rings (SSSR count). The number of hydrazone groups is 1. The van der Waals surface area contributed by atoms with Crippen LogP contribution in [0.1, 0.15) is 16.7 Å². The molecule has 2 aromatic carbocycles. The molecule has 6 heteroatoms. The second kappa shape index (κ2) is 8.36. The lowest BCUT2D eigenvalue weighted by atomic mass is 10.1. The molecular weight excluding hydrogens is 328 g/mol. The van der Waals surface area contributed by atoms with Gasteiger partial charge in [0.05, 0.1) is 18.3 Å². The molecule has 1 amide bonds. The Morgan fingerprint density at radius 2 is 2.04 bits per heavy atom. The van der Waals surface area contributed by atoms with Crippen LogP contribution in [0.2, 0.25) is 5.02 Å². The quantitative estimate of drug-likeness (QED) is 0.643. The zero-order valence-electron chi connectivity index (χ0n) is 13.8. The summed E-state index contributed by atoms with van der Waals surface area (Å²) in [6.07, 6.45) is 1.50. The van der Waals surface area contributed by atoms with Crippen molar-refractivity contribution < 1.29 is 14.3 Å². The minimum atomic E-state index is -0.341. The fourth-order valence-electron chi connectivity index (χ4n) is 2.00. The number of methoxy groups -OCH3 is 1. The van der Waals surface area contributed by atoms with Crippen LogP contribution in [0.25, 0.3) is 0 Å². The summed E-state index contributed by atoms with van der Waals surface area (Å²) in [6, 6.07) is 10.9. The predicted octanol–water partition coefficient (Wildman–Crippen LogP) is 3.49. The van der Waals surface area contributed by atoms with Crippen molar-refractivity contribution in [1.29, 1.82) is 0 Å². The maximum atomic E-state index is 11.8. The van der Waals surface area contributed by atoms with Crippen LogP contribution in [-0.4, -0.2) is 25.8 Å². The number of ether oxygens (including phenoxy) is 2. The Bertz CT molecular complexity index is 760. The predicted molar refractivity (Wildman–Crippen MR) is 95.2 cm³/mol. The van der Waals surface area contributed by atoms with Gasteiger partial charge in [-0.1, -0.05) is 23.7 Å². The third-order valence-electron chi connectivity index (χ3n) is 3.49. The minimum Gasteiger partial charge on any atom is -0.495 e. The average Bonchev–Trinajstić information content (AvgIpc) is 2.56. The molecule has 24 heavy (non-hydrogen) atoms. The number of hydrogen-bond donors (Lipinski definition) is 1. The highest BCUT2D eigenvalue weighted by Gasteiger charge is 2.05. The minimum absolute atomic E-state index is 0.106. The van der Waals surface area contributed by atoms with Crippen molar-refractivity contribution in [2.75, 3.05) is 13.7 Å². The van der Waals surface area contributed by atoms with Gasteiger partial charge < -0.3 is 9.47 Å². The van der Waals surface area contributed by atoms with E-state index >= 15 is 0 Å². The first kappa shape index (κ1) is 17.8. The van der Waals surface area contributed by atoms with E-state index in [1.165, 1.54) is 6.21 Å². The largest absolute Gasteiger partial charge is 0.495 e. The van der Waals surface area contributed by atoms with E-state index in [1.54, 1.807) is 25.3 Å². The van der Waals surface area contributed by atoms with Crippen LogP contribution >= 0.6 is 11.6 Å². The number of halogens is 1. The molecule has 5 nitrogen and oxygen atoms in total. The van der Waals surface area contributed by atoms with Crippen LogP contribution in [0.4, 0.5) is 0 Å². The molecule has 0 fully saturated rings. The van der Waals surface area contributed by atoms with Crippen LogP contribution in [0.3, 0.4) is 0 Å². The van der Waals surface area contributed by atoms with Crippen LogP contribution in [0.5, 0.6) is 11.5 Å². The Kier molecular flexibility index (Phi) is 6.21. The maximum absolute atomic E-state index is 11.8. The van der Waals surface area contributed by atoms with Crippen molar-refractivity contribution in [2.45, 2.75) is 13.8 Å². The van der Waals surface area contributed by atoms with E-state index in [9.17, 15) is 4.79 Å². The number of hydrogen-bond acceptors (Lipinski definition) is 4. The van der Waals surface area contributed by atoms with Gasteiger partial charge in [-0.05, 0) is 54.8 Å². The van der Waals surface area contributed by atoms with Gasteiger partial charge in [-0.15, -0.1) is 0 Å². The number of benzene rings is 2. The van der Waals surface area contributed by atoms with Gasteiger partial charge in [-0.2, -0.15) is 5.10 Å². The van der Waals surface area contributed by atoms with Crippen molar-refractivity contribution in [3.63, 3.8) is 0 Å². The maximum Gasteiger partial charge on any atom is 0.277 e. The lowest BCUT2D eigenvalue weighted by Crippen LogP contribution is -2.24. The molecule has 0 heterocycles. The van der Waals surface area contributed by atoms with Gasteiger partial charge >= 0.3 is 0 Å². The molecule has 1 N–H and O–H groups in total. The van der Waals surface area contributed by atoms with Gasteiger partial charge in [0, 0.05) is 0 Å². The fourth-order valence-corrected chi connectivity index (χ4v) is 2.26. The number of nitrogens with zero attached hydrogens (tertiary/aromatic N) is 1. The van der Waals surface area contributed by atoms with E-state index in [0.29, 0.717) is 16.5 Å². The van der Waals surface area contributed by atoms with Gasteiger partial charge in [0.25, 0.3) is 5.91 Å². The molecule has 0 aliphatic carbocycles. The second-order valence-electron chi connectivity index (χ2n) is 5.17. The average molecular weight is 347 g/mol. The zero-order valence-corrected chi connectivity index (χ0v) is 14.6. The molecule has 0 spiro atoms. The van der Waals surface area contributed by atoms with Crippen molar-refractivity contribution in [2.24, 2.45) is 5.10 Å². The molecular formula is C18H19ClN2O3. The Morgan fingerprint density at radius 1 is 1.25 bits per heavy atom. The number of amides is 1. The summed E-state index contributed by atoms with van der Waals surface area (Å²) in [6.45, 7) is 3.84. The number of carbonyl (C=O) groups is 1. The standard InChI is InChI=1S/C18H19ClN2O3/c1-12-5-4-6-16(13(12)2)24-11-18(22)21-20-10-14-7-8-17(23-3)15(19)9-14/h4-10H,11H2,1-3H3,(H,21,22). The first-order valence-corrected chi connectivity index (χ1v) is 7.73. The van der Waals surface area contributed by atoms with Gasteiger partial charge in [0.15, 0.2) is 6.61 Å². The smallest absolute Gasteiger partial charge is 0.277 e. The van der Waals surface area contributed by atoms with E-state index in [4.69, 9.17) is 21.1 Å². The van der Waals surface area contributed by atoms with Crippen LogP contribution in [-0.2, 0) is 4.79 Å². The summed E-state index contributed by atoms with van der Waals surface area (Å²) in [5.74, 6) is 0.933. The molecule has 0 bridgehead atoms. The normalized spacial score (nSPS) is 10.7. The number of rotatable bonds is 6. The summed E-state index contributed by atoms with van der Waals surface area (Å²) in [5.41, 5.74) is 5.29. The topological polar surface area (TPSA) is 59.9 Å². The van der Waals surface area contributed by atoms with Crippen LogP contribution in [0.15, 0.2) is 41.5 Å². The van der Waals surface area contributed by atoms with E-state index in [2.05, 4.69) is 10.5 Å². The molecule has 0 radical (unpaired) electrons. The summed E-state index contributed by atoms with van der Waals surface area (Å²) in [4.78, 5) is 11.8. The van der Waals surface area contributed by atoms with Crippen molar-refractivity contribution in [3.05, 3.63) is 58.1 Å². The SMILES string of the molecule is COc1ccc(C=NNC(=O)COc2cccc(C)c2C)cc1Cl. The molecule has 126 valence electrons. The summed E-state index contributed by atoms with van der Waals surface area (Å²) < 4.78 is 10.6. The van der Waals surface area contributed by atoms with Gasteiger partial charge in [0.1, 0.15) is 11.5 Å². The molecule has 0 saturated carbocycles. The fraction of sp³-hybridized carbons (Fsp3) is 0.222. The lowest BCUT2D eigenvalue weighted by Gasteiger charge is -2.09. The summed E-state index contributed by atoms with van der Waals surface area (Å²) in [5, 5.41) is 4.36. The number of aryl methyl sites for hydroxylation is 1. The third-order valence-corrected chi connectivity index (χ3v) is 3.79. The Labute approximate surface area is 146 Å². The number of nitrogens with one attached hydrogen (secondary N) is 1. The lowest BCUT2D eigenvalue weighted by molar-refractivity contribution is -0.123.